The normalized spacial score (nSPS) is 11.7. The smallest absolute Gasteiger partial charge is 0.245 e. The highest BCUT2D eigenvalue weighted by atomic mass is 32.2. The van der Waals surface area contributed by atoms with Crippen LogP contribution in [-0.4, -0.2) is 60.6 Å². The lowest BCUT2D eigenvalue weighted by molar-refractivity contribution is -0.114. The van der Waals surface area contributed by atoms with Crippen LogP contribution < -0.4 is 14.4 Å². The molecule has 1 N–H and O–H groups in total. The molecule has 0 unspecified atom stereocenters. The highest BCUT2D eigenvalue weighted by molar-refractivity contribution is 7.92. The minimum atomic E-state index is -3.81. The molecule has 2 rings (SSSR count). The van der Waals surface area contributed by atoms with Crippen LogP contribution in [0.15, 0.2) is 66.1 Å². The van der Waals surface area contributed by atoms with Crippen LogP contribution >= 0.6 is 0 Å². The number of rotatable bonds is 10. The minimum absolute atomic E-state index is 0.00971. The largest absolute Gasteiger partial charge is 0.489 e. The van der Waals surface area contributed by atoms with Crippen molar-refractivity contribution in [2.45, 2.75) is 4.90 Å². The summed E-state index contributed by atoms with van der Waals surface area (Å²) in [6, 6.07) is 11.9. The standard InChI is InChI=1S/C20H25N3O6S2/c1-5-13-29-18-8-6-7-16(14-18)21-20(24)15-23(30(4,25)26)17-9-11-19(12-10-17)31(27,28)22(2)3/h5-12,14H,1,13,15H2,2-4H3,(H,21,24). The van der Waals surface area contributed by atoms with Gasteiger partial charge < -0.3 is 10.1 Å². The molecule has 0 bridgehead atoms. The molecule has 168 valence electrons. The van der Waals surface area contributed by atoms with Gasteiger partial charge in [-0.25, -0.2) is 21.1 Å². The van der Waals surface area contributed by atoms with Gasteiger partial charge in [-0.15, -0.1) is 0 Å². The second-order valence-corrected chi connectivity index (χ2v) is 10.8. The Balaban J connectivity index is 2.21. The van der Waals surface area contributed by atoms with E-state index in [9.17, 15) is 21.6 Å². The van der Waals surface area contributed by atoms with Crippen LogP contribution in [0.2, 0.25) is 0 Å². The first-order valence-corrected chi connectivity index (χ1v) is 12.4. The summed E-state index contributed by atoms with van der Waals surface area (Å²) < 4.78 is 56.3. The van der Waals surface area contributed by atoms with Gasteiger partial charge in [-0.2, -0.15) is 0 Å². The van der Waals surface area contributed by atoms with E-state index in [1.807, 2.05) is 0 Å². The van der Waals surface area contributed by atoms with Crippen molar-refractivity contribution in [2.75, 3.05) is 43.1 Å². The van der Waals surface area contributed by atoms with Crippen LogP contribution in [0, 0.1) is 0 Å². The third-order valence-corrected chi connectivity index (χ3v) is 7.05. The number of carbonyl (C=O) groups is 1. The molecular weight excluding hydrogens is 442 g/mol. The van der Waals surface area contributed by atoms with Crippen molar-refractivity contribution >= 4 is 37.3 Å². The van der Waals surface area contributed by atoms with Crippen LogP contribution in [0.5, 0.6) is 5.75 Å². The quantitative estimate of drug-likeness (QED) is 0.534. The molecule has 0 heterocycles. The molecule has 1 amide bonds. The number of anilines is 2. The second kappa shape index (κ2) is 9.94. The average Bonchev–Trinajstić information content (AvgIpc) is 2.70. The van der Waals surface area contributed by atoms with Gasteiger partial charge in [-0.3, -0.25) is 9.10 Å². The van der Waals surface area contributed by atoms with Crippen molar-refractivity contribution in [3.05, 3.63) is 61.2 Å². The molecule has 0 aliphatic rings. The fourth-order valence-corrected chi connectivity index (χ4v) is 4.30. The number of amides is 1. The maximum atomic E-state index is 12.5. The predicted octanol–water partition coefficient (Wildman–Crippen LogP) is 1.91. The predicted molar refractivity (Wildman–Crippen MR) is 120 cm³/mol. The Bertz CT molecular complexity index is 1140. The second-order valence-electron chi connectivity index (χ2n) is 6.73. The number of nitrogens with one attached hydrogen (secondary N) is 1. The van der Waals surface area contributed by atoms with E-state index in [2.05, 4.69) is 11.9 Å². The molecule has 0 aliphatic heterocycles. The highest BCUT2D eigenvalue weighted by Gasteiger charge is 2.23. The lowest BCUT2D eigenvalue weighted by Crippen LogP contribution is -2.37. The molecule has 31 heavy (non-hydrogen) atoms. The maximum absolute atomic E-state index is 12.5. The summed E-state index contributed by atoms with van der Waals surface area (Å²) in [5.41, 5.74) is 0.603. The monoisotopic (exact) mass is 467 g/mol. The van der Waals surface area contributed by atoms with E-state index in [-0.39, 0.29) is 10.6 Å². The van der Waals surface area contributed by atoms with E-state index in [0.717, 1.165) is 14.9 Å². The Morgan fingerprint density at radius 3 is 2.29 bits per heavy atom. The first-order valence-electron chi connectivity index (χ1n) is 9.09. The summed E-state index contributed by atoms with van der Waals surface area (Å²) >= 11 is 0. The third kappa shape index (κ3) is 6.54. The third-order valence-electron chi connectivity index (χ3n) is 4.08. The van der Waals surface area contributed by atoms with Gasteiger partial charge in [-0.1, -0.05) is 18.7 Å². The SMILES string of the molecule is C=CCOc1cccc(NC(=O)CN(c2ccc(S(=O)(=O)N(C)C)cc2)S(C)(=O)=O)c1. The van der Waals surface area contributed by atoms with Crippen LogP contribution in [0.4, 0.5) is 11.4 Å². The lowest BCUT2D eigenvalue weighted by Gasteiger charge is -2.22. The molecule has 2 aromatic carbocycles. The molecule has 0 spiro atoms. The summed E-state index contributed by atoms with van der Waals surface area (Å²) in [4.78, 5) is 12.5. The van der Waals surface area contributed by atoms with Gasteiger partial charge in [0, 0.05) is 25.8 Å². The highest BCUT2D eigenvalue weighted by Crippen LogP contribution is 2.22. The van der Waals surface area contributed by atoms with Crippen molar-refractivity contribution in [2.24, 2.45) is 0 Å². The van der Waals surface area contributed by atoms with Crippen molar-refractivity contribution in [3.63, 3.8) is 0 Å². The molecular formula is C20H25N3O6S2. The number of ether oxygens (including phenoxy) is 1. The van der Waals surface area contributed by atoms with Gasteiger partial charge in [0.15, 0.2) is 0 Å². The zero-order chi connectivity index (χ0) is 23.2. The molecule has 11 heteroatoms. The summed E-state index contributed by atoms with van der Waals surface area (Å²) in [7, 11) is -4.68. The van der Waals surface area contributed by atoms with E-state index in [0.29, 0.717) is 18.0 Å². The molecule has 0 saturated heterocycles. The van der Waals surface area contributed by atoms with E-state index in [4.69, 9.17) is 4.74 Å². The Labute approximate surface area is 183 Å². The Kier molecular flexibility index (Phi) is 7.82. The maximum Gasteiger partial charge on any atom is 0.245 e. The van der Waals surface area contributed by atoms with Gasteiger partial charge in [0.1, 0.15) is 18.9 Å². The Morgan fingerprint density at radius 2 is 1.74 bits per heavy atom. The fraction of sp³-hybridized carbons (Fsp3) is 0.250. The van der Waals surface area contributed by atoms with Crippen LogP contribution in [0.25, 0.3) is 0 Å². The first-order chi connectivity index (χ1) is 14.4. The minimum Gasteiger partial charge on any atom is -0.489 e. The molecule has 0 fully saturated rings. The number of benzene rings is 2. The topological polar surface area (TPSA) is 113 Å². The van der Waals surface area contributed by atoms with E-state index >= 15 is 0 Å². The van der Waals surface area contributed by atoms with Gasteiger partial charge in [0.05, 0.1) is 16.8 Å². The van der Waals surface area contributed by atoms with Crippen molar-refractivity contribution < 1.29 is 26.4 Å². The lowest BCUT2D eigenvalue weighted by atomic mass is 10.3. The molecule has 0 saturated carbocycles. The molecule has 0 aromatic heterocycles. The zero-order valence-electron chi connectivity index (χ0n) is 17.5. The number of nitrogens with zero attached hydrogens (tertiary/aromatic N) is 2. The number of hydrogen-bond acceptors (Lipinski definition) is 6. The summed E-state index contributed by atoms with van der Waals surface area (Å²) in [5.74, 6) is -0.0494. The van der Waals surface area contributed by atoms with E-state index < -0.39 is 32.5 Å². The first kappa shape index (κ1) is 24.4. The van der Waals surface area contributed by atoms with Gasteiger partial charge >= 0.3 is 0 Å². The van der Waals surface area contributed by atoms with Gasteiger partial charge in [0.25, 0.3) is 0 Å². The van der Waals surface area contributed by atoms with E-state index in [1.54, 1.807) is 30.3 Å². The molecule has 9 nitrogen and oxygen atoms in total. The Hall–Kier alpha value is -2.89. The number of sulfonamides is 2. The fourth-order valence-electron chi connectivity index (χ4n) is 2.54. The van der Waals surface area contributed by atoms with Crippen molar-refractivity contribution in [3.8, 4) is 5.75 Å². The van der Waals surface area contributed by atoms with Gasteiger partial charge in [0.2, 0.25) is 26.0 Å². The van der Waals surface area contributed by atoms with Crippen molar-refractivity contribution in [1.29, 1.82) is 0 Å². The van der Waals surface area contributed by atoms with E-state index in [1.165, 1.54) is 38.4 Å². The summed E-state index contributed by atoms with van der Waals surface area (Å²) in [5, 5.41) is 2.63. The molecule has 0 atom stereocenters. The molecule has 0 radical (unpaired) electrons. The molecule has 0 aliphatic carbocycles. The summed E-state index contributed by atoms with van der Waals surface area (Å²) in [6.45, 7) is 3.38. The van der Waals surface area contributed by atoms with Crippen LogP contribution in [-0.2, 0) is 24.8 Å². The van der Waals surface area contributed by atoms with Crippen molar-refractivity contribution in [1.82, 2.24) is 4.31 Å². The zero-order valence-corrected chi connectivity index (χ0v) is 19.1. The van der Waals surface area contributed by atoms with Gasteiger partial charge in [-0.05, 0) is 36.4 Å². The molecule has 2 aromatic rings. The summed E-state index contributed by atoms with van der Waals surface area (Å²) in [6.07, 6.45) is 2.55. The van der Waals surface area contributed by atoms with Crippen LogP contribution in [0.3, 0.4) is 0 Å². The average molecular weight is 468 g/mol. The number of carbonyl (C=O) groups excluding carboxylic acids is 1. The number of hydrogen-bond donors (Lipinski definition) is 1. The van der Waals surface area contributed by atoms with Crippen LogP contribution in [0.1, 0.15) is 0 Å². The Morgan fingerprint density at radius 1 is 1.10 bits per heavy atom.